The number of halogens is 2. The van der Waals surface area contributed by atoms with Crippen LogP contribution in [0.25, 0.3) is 0 Å². The van der Waals surface area contributed by atoms with E-state index in [1.807, 2.05) is 0 Å². The molecular formula is C15H11ClFN3O. The smallest absolute Gasteiger partial charge is 0.257 e. The second kappa shape index (κ2) is 6.84. The summed E-state index contributed by atoms with van der Waals surface area (Å²) in [6.07, 6.45) is 2.91. The first kappa shape index (κ1) is 15.0. The van der Waals surface area contributed by atoms with Gasteiger partial charge in [0.25, 0.3) is 5.91 Å². The van der Waals surface area contributed by atoms with Crippen molar-refractivity contribution in [2.24, 2.45) is 5.73 Å². The number of anilines is 1. The number of nitrogens with one attached hydrogen (secondary N) is 1. The van der Waals surface area contributed by atoms with Crippen LogP contribution in [0, 0.1) is 17.7 Å². The lowest BCUT2D eigenvalue weighted by molar-refractivity contribution is 0.102. The molecule has 4 nitrogen and oxygen atoms in total. The Balaban J connectivity index is 2.22. The van der Waals surface area contributed by atoms with E-state index in [4.69, 9.17) is 17.3 Å². The number of carbonyl (C=O) groups excluding carboxylic acids is 1. The lowest BCUT2D eigenvalue weighted by Crippen LogP contribution is -2.13. The van der Waals surface area contributed by atoms with E-state index in [0.717, 1.165) is 6.07 Å². The van der Waals surface area contributed by atoms with Gasteiger partial charge in [0.1, 0.15) is 5.82 Å². The number of nitrogens with zero attached hydrogens (tertiary/aromatic N) is 1. The summed E-state index contributed by atoms with van der Waals surface area (Å²) in [5.74, 6) is 4.51. The van der Waals surface area contributed by atoms with Crippen molar-refractivity contribution in [2.75, 3.05) is 11.9 Å². The van der Waals surface area contributed by atoms with Crippen molar-refractivity contribution in [1.82, 2.24) is 4.98 Å². The highest BCUT2D eigenvalue weighted by atomic mass is 35.5. The number of amides is 1. The molecule has 0 saturated heterocycles. The van der Waals surface area contributed by atoms with Crippen LogP contribution in [-0.2, 0) is 0 Å². The maximum atomic E-state index is 13.2. The summed E-state index contributed by atoms with van der Waals surface area (Å²) in [5, 5.41) is 2.77. The maximum absolute atomic E-state index is 13.2. The second-order valence-electron chi connectivity index (χ2n) is 4.05. The zero-order valence-electron chi connectivity index (χ0n) is 10.9. The van der Waals surface area contributed by atoms with Crippen LogP contribution < -0.4 is 11.1 Å². The molecule has 0 fully saturated rings. The lowest BCUT2D eigenvalue weighted by atomic mass is 10.2. The van der Waals surface area contributed by atoms with Gasteiger partial charge in [-0.15, -0.1) is 0 Å². The normalized spacial score (nSPS) is 9.67. The van der Waals surface area contributed by atoms with Gasteiger partial charge in [0, 0.05) is 18.0 Å². The van der Waals surface area contributed by atoms with Gasteiger partial charge in [-0.3, -0.25) is 9.78 Å². The summed E-state index contributed by atoms with van der Waals surface area (Å²) in [4.78, 5) is 16.0. The molecule has 1 aromatic carbocycles. The molecule has 0 aliphatic rings. The number of pyridine rings is 1. The summed E-state index contributed by atoms with van der Waals surface area (Å²) < 4.78 is 13.2. The molecule has 21 heavy (non-hydrogen) atoms. The lowest BCUT2D eigenvalue weighted by Gasteiger charge is -2.07. The van der Waals surface area contributed by atoms with E-state index >= 15 is 0 Å². The molecule has 0 atom stereocenters. The van der Waals surface area contributed by atoms with Gasteiger partial charge in [-0.1, -0.05) is 23.4 Å². The number of benzene rings is 1. The van der Waals surface area contributed by atoms with Crippen molar-refractivity contribution in [3.05, 3.63) is 58.6 Å². The SMILES string of the molecule is NCC#Cc1cncc(C(=O)Nc2cc(F)ccc2Cl)c1. The van der Waals surface area contributed by atoms with E-state index in [1.54, 1.807) is 6.07 Å². The Morgan fingerprint density at radius 1 is 1.38 bits per heavy atom. The Labute approximate surface area is 126 Å². The van der Waals surface area contributed by atoms with E-state index < -0.39 is 11.7 Å². The van der Waals surface area contributed by atoms with Crippen LogP contribution >= 0.6 is 11.6 Å². The number of hydrogen-bond acceptors (Lipinski definition) is 3. The third-order valence-electron chi connectivity index (χ3n) is 2.51. The highest BCUT2D eigenvalue weighted by molar-refractivity contribution is 6.33. The number of hydrogen-bond donors (Lipinski definition) is 2. The van der Waals surface area contributed by atoms with Gasteiger partial charge in [-0.25, -0.2) is 4.39 Å². The molecule has 0 aliphatic carbocycles. The molecule has 106 valence electrons. The van der Waals surface area contributed by atoms with E-state index in [-0.39, 0.29) is 17.3 Å². The topological polar surface area (TPSA) is 68.0 Å². The van der Waals surface area contributed by atoms with E-state index in [2.05, 4.69) is 22.1 Å². The molecule has 0 radical (unpaired) electrons. The minimum absolute atomic E-state index is 0.195. The van der Waals surface area contributed by atoms with Gasteiger partial charge in [0.15, 0.2) is 0 Å². The van der Waals surface area contributed by atoms with Crippen molar-refractivity contribution >= 4 is 23.2 Å². The zero-order chi connectivity index (χ0) is 15.2. The molecule has 3 N–H and O–H groups in total. The average molecular weight is 304 g/mol. The van der Waals surface area contributed by atoms with Crippen molar-refractivity contribution in [1.29, 1.82) is 0 Å². The predicted molar refractivity (Wildman–Crippen MR) is 79.5 cm³/mol. The summed E-state index contributed by atoms with van der Waals surface area (Å²) in [5.41, 5.74) is 6.34. The molecular weight excluding hydrogens is 293 g/mol. The fourth-order valence-electron chi connectivity index (χ4n) is 1.57. The van der Waals surface area contributed by atoms with Gasteiger partial charge >= 0.3 is 0 Å². The standard InChI is InChI=1S/C15H11ClFN3O/c16-13-4-3-12(17)7-14(13)20-15(21)11-6-10(2-1-5-18)8-19-9-11/h3-4,6-9H,5,18H2,(H,20,21). The van der Waals surface area contributed by atoms with Crippen molar-refractivity contribution < 1.29 is 9.18 Å². The molecule has 2 aromatic rings. The quantitative estimate of drug-likeness (QED) is 0.837. The van der Waals surface area contributed by atoms with Gasteiger partial charge in [0.2, 0.25) is 0 Å². The number of rotatable bonds is 2. The largest absolute Gasteiger partial charge is 0.320 e. The first-order chi connectivity index (χ1) is 10.1. The molecule has 6 heteroatoms. The molecule has 0 unspecified atom stereocenters. The summed E-state index contributed by atoms with van der Waals surface area (Å²) in [7, 11) is 0. The first-order valence-corrected chi connectivity index (χ1v) is 6.38. The summed E-state index contributed by atoms with van der Waals surface area (Å²) >= 11 is 5.89. The fraction of sp³-hybridized carbons (Fsp3) is 0.0667. The third kappa shape index (κ3) is 4.02. The Morgan fingerprint density at radius 3 is 2.95 bits per heavy atom. The highest BCUT2D eigenvalue weighted by Gasteiger charge is 2.10. The van der Waals surface area contributed by atoms with E-state index in [9.17, 15) is 9.18 Å². The molecule has 0 aliphatic heterocycles. The average Bonchev–Trinajstić information content (AvgIpc) is 2.49. The third-order valence-corrected chi connectivity index (χ3v) is 2.84. The van der Waals surface area contributed by atoms with Gasteiger partial charge in [-0.05, 0) is 24.3 Å². The summed E-state index contributed by atoms with van der Waals surface area (Å²) in [6.45, 7) is 0.218. The number of aromatic nitrogens is 1. The van der Waals surface area contributed by atoms with Crippen LogP contribution in [0.3, 0.4) is 0 Å². The molecule has 1 heterocycles. The van der Waals surface area contributed by atoms with E-state index in [0.29, 0.717) is 11.1 Å². The minimum atomic E-state index is -0.490. The van der Waals surface area contributed by atoms with Crippen molar-refractivity contribution in [2.45, 2.75) is 0 Å². The summed E-state index contributed by atoms with van der Waals surface area (Å²) in [6, 6.07) is 5.29. The predicted octanol–water partition coefficient (Wildman–Crippen LogP) is 2.44. The fourth-order valence-corrected chi connectivity index (χ4v) is 1.74. The maximum Gasteiger partial charge on any atom is 0.257 e. The van der Waals surface area contributed by atoms with Gasteiger partial charge in [0.05, 0.1) is 22.8 Å². The Morgan fingerprint density at radius 2 is 2.19 bits per heavy atom. The second-order valence-corrected chi connectivity index (χ2v) is 4.45. The molecule has 0 bridgehead atoms. The molecule has 2 rings (SSSR count). The van der Waals surface area contributed by atoms with Crippen LogP contribution in [0.4, 0.5) is 10.1 Å². The van der Waals surface area contributed by atoms with Crippen molar-refractivity contribution in [3.63, 3.8) is 0 Å². The van der Waals surface area contributed by atoms with Crippen molar-refractivity contribution in [3.8, 4) is 11.8 Å². The Kier molecular flexibility index (Phi) is 4.88. The monoisotopic (exact) mass is 303 g/mol. The number of nitrogens with two attached hydrogens (primary N) is 1. The van der Waals surface area contributed by atoms with Crippen LogP contribution in [0.5, 0.6) is 0 Å². The molecule has 0 saturated carbocycles. The Bertz CT molecular complexity index is 737. The first-order valence-electron chi connectivity index (χ1n) is 6.00. The van der Waals surface area contributed by atoms with E-state index in [1.165, 1.54) is 24.5 Å². The molecule has 1 aromatic heterocycles. The zero-order valence-corrected chi connectivity index (χ0v) is 11.6. The van der Waals surface area contributed by atoms with Crippen LogP contribution in [0.15, 0.2) is 36.7 Å². The van der Waals surface area contributed by atoms with Gasteiger partial charge in [-0.2, -0.15) is 0 Å². The Hall–Kier alpha value is -2.42. The number of carbonyl (C=O) groups is 1. The van der Waals surface area contributed by atoms with Crippen LogP contribution in [0.1, 0.15) is 15.9 Å². The van der Waals surface area contributed by atoms with Crippen LogP contribution in [-0.4, -0.2) is 17.4 Å². The highest BCUT2D eigenvalue weighted by Crippen LogP contribution is 2.23. The van der Waals surface area contributed by atoms with Gasteiger partial charge < -0.3 is 11.1 Å². The molecule has 0 spiro atoms. The molecule has 1 amide bonds. The minimum Gasteiger partial charge on any atom is -0.320 e. The van der Waals surface area contributed by atoms with Crippen LogP contribution in [0.2, 0.25) is 5.02 Å².